The molecule has 3 heteroatoms. The van der Waals surface area contributed by atoms with Gasteiger partial charge in [-0.2, -0.15) is 0 Å². The van der Waals surface area contributed by atoms with Crippen molar-refractivity contribution in [2.24, 2.45) is 0 Å². The topological polar surface area (TPSA) is 0 Å². The number of hydrogen-bond donors (Lipinski definition) is 0. The summed E-state index contributed by atoms with van der Waals surface area (Å²) < 4.78 is 0.993. The van der Waals surface area contributed by atoms with E-state index in [9.17, 15) is 0 Å². The fourth-order valence-corrected chi connectivity index (χ4v) is 0. The van der Waals surface area contributed by atoms with Crippen LogP contribution in [0.1, 0.15) is 6.92 Å². The fourth-order valence-electron chi connectivity index (χ4n) is 0. The second kappa shape index (κ2) is 3.50. The first kappa shape index (κ1) is 6.31. The van der Waals surface area contributed by atoms with Crippen LogP contribution >= 0.6 is 35.4 Å². The van der Waals surface area contributed by atoms with Crippen molar-refractivity contribution in [3.05, 3.63) is 0 Å². The Morgan fingerprint density at radius 3 is 1.80 bits per heavy atom. The molecule has 34 valence electrons. The Hall–Kier alpha value is 1.31. The normalized spacial score (nSPS) is 11.4. The number of halogens is 3. The molecule has 0 amide bonds. The molecular weight excluding hydrogens is 222 g/mol. The molecule has 0 radical (unpaired) electrons. The van der Waals surface area contributed by atoms with Gasteiger partial charge in [0.2, 0.25) is 0 Å². The molecule has 0 aliphatic carbocycles. The van der Waals surface area contributed by atoms with Gasteiger partial charge in [0.15, 0.2) is 0 Å². The van der Waals surface area contributed by atoms with E-state index in [-0.39, 0.29) is 0 Å². The van der Waals surface area contributed by atoms with Crippen LogP contribution in [0.15, 0.2) is 0 Å². The quantitative estimate of drug-likeness (QED) is 0.477. The molecule has 0 aromatic carbocycles. The average molecular weight is 227 g/mol. The Balaban J connectivity index is 2.54. The van der Waals surface area contributed by atoms with Crippen molar-refractivity contribution in [1.29, 1.82) is 0 Å². The Kier molecular flexibility index (Phi) is 4.41. The van der Waals surface area contributed by atoms with Crippen LogP contribution in [0.25, 0.3) is 0 Å². The van der Waals surface area contributed by atoms with Crippen LogP contribution in [0.3, 0.4) is 0 Å². The molecule has 0 fully saturated rings. The van der Waals surface area contributed by atoms with Crippen molar-refractivity contribution in [3.63, 3.8) is 0 Å². The van der Waals surface area contributed by atoms with Gasteiger partial charge in [0.1, 0.15) is 0 Å². The molecule has 0 unspecified atom stereocenters. The van der Waals surface area contributed by atoms with Gasteiger partial charge in [-0.05, 0) is 0 Å². The Bertz CT molecular complexity index is 21.6. The summed E-state index contributed by atoms with van der Waals surface area (Å²) >= 11 is -1.34. The minimum atomic E-state index is -1.34. The molecule has 0 nitrogen and oxygen atoms in total. The maximum atomic E-state index is 5.38. The summed E-state index contributed by atoms with van der Waals surface area (Å²) in [5, 5.41) is 0. The van der Waals surface area contributed by atoms with E-state index in [4.69, 9.17) is 17.8 Å². The summed E-state index contributed by atoms with van der Waals surface area (Å²) in [5.41, 5.74) is 0. The average Bonchev–Trinajstić information content (AvgIpc) is 1.38. The van der Waals surface area contributed by atoms with E-state index >= 15 is 0 Å². The van der Waals surface area contributed by atoms with Gasteiger partial charge < -0.3 is 0 Å². The maximum absolute atomic E-state index is 5.38. The van der Waals surface area contributed by atoms with E-state index < -0.39 is 17.6 Å². The number of hydrogen-bond acceptors (Lipinski definition) is 0. The summed E-state index contributed by atoms with van der Waals surface area (Å²) in [7, 11) is 10.8. The van der Waals surface area contributed by atoms with Gasteiger partial charge in [-0.15, -0.1) is 0 Å². The minimum absolute atomic E-state index is 0.993. The van der Waals surface area contributed by atoms with Gasteiger partial charge in [0.05, 0.1) is 0 Å². The van der Waals surface area contributed by atoms with Crippen molar-refractivity contribution in [2.45, 2.75) is 6.92 Å². The van der Waals surface area contributed by atoms with Gasteiger partial charge in [-0.1, -0.05) is 0 Å². The molecule has 0 saturated carbocycles. The zero-order valence-corrected chi connectivity index (χ0v) is 6.51. The van der Waals surface area contributed by atoms with Crippen LogP contribution in [0, 0.1) is 0 Å². The summed E-state index contributed by atoms with van der Waals surface area (Å²) in [6, 6.07) is 0. The molecule has 0 aliphatic rings. The standard InChI is InChI=1S/C2H5Cl2I/c1-2-5(3)4/h2H2,1H3. The van der Waals surface area contributed by atoms with Crippen molar-refractivity contribution in [3.8, 4) is 0 Å². The Morgan fingerprint density at radius 2 is 1.80 bits per heavy atom. The molecule has 0 saturated heterocycles. The van der Waals surface area contributed by atoms with Gasteiger partial charge in [-0.25, -0.2) is 0 Å². The summed E-state index contributed by atoms with van der Waals surface area (Å²) in [6.07, 6.45) is 0. The predicted molar refractivity (Wildman–Crippen MR) is 36.3 cm³/mol. The Morgan fingerprint density at radius 1 is 1.60 bits per heavy atom. The number of alkyl halides is 1. The molecule has 0 rings (SSSR count). The van der Waals surface area contributed by atoms with E-state index in [1.54, 1.807) is 0 Å². The van der Waals surface area contributed by atoms with E-state index in [1.165, 1.54) is 0 Å². The van der Waals surface area contributed by atoms with Crippen molar-refractivity contribution in [2.75, 3.05) is 4.43 Å². The van der Waals surface area contributed by atoms with Crippen molar-refractivity contribution in [1.82, 2.24) is 0 Å². The van der Waals surface area contributed by atoms with Crippen molar-refractivity contribution < 1.29 is 0 Å². The second-order valence-electron chi connectivity index (χ2n) is 0.523. The van der Waals surface area contributed by atoms with Crippen molar-refractivity contribution >= 4 is 35.4 Å². The molecule has 0 N–H and O–H groups in total. The van der Waals surface area contributed by atoms with E-state index in [0.29, 0.717) is 0 Å². The predicted octanol–water partition coefficient (Wildman–Crippen LogP) is 2.82. The first-order valence-corrected chi connectivity index (χ1v) is 8.25. The zero-order valence-electron chi connectivity index (χ0n) is 2.84. The molecule has 0 atom stereocenters. The molecule has 0 aliphatic heterocycles. The van der Waals surface area contributed by atoms with Crippen LogP contribution in [-0.2, 0) is 0 Å². The van der Waals surface area contributed by atoms with Gasteiger partial charge in [-0.3, -0.25) is 0 Å². The van der Waals surface area contributed by atoms with Crippen LogP contribution < -0.4 is 0 Å². The Labute approximate surface area is 46.6 Å². The number of rotatable bonds is 1. The van der Waals surface area contributed by atoms with E-state index in [2.05, 4.69) is 0 Å². The first-order chi connectivity index (χ1) is 2.27. The fraction of sp³-hybridized carbons (Fsp3) is 1.00. The van der Waals surface area contributed by atoms with Gasteiger partial charge in [0, 0.05) is 0 Å². The van der Waals surface area contributed by atoms with E-state index in [1.807, 2.05) is 6.92 Å². The molecule has 0 aromatic heterocycles. The van der Waals surface area contributed by atoms with Crippen LogP contribution in [0.5, 0.6) is 0 Å². The van der Waals surface area contributed by atoms with Crippen LogP contribution in [0.2, 0.25) is 0 Å². The van der Waals surface area contributed by atoms with Crippen LogP contribution in [0.4, 0.5) is 0 Å². The van der Waals surface area contributed by atoms with Gasteiger partial charge in [0.25, 0.3) is 0 Å². The van der Waals surface area contributed by atoms with Gasteiger partial charge >= 0.3 is 46.7 Å². The molecular formula is C2H5Cl2I. The van der Waals surface area contributed by atoms with Crippen LogP contribution in [-0.4, -0.2) is 4.43 Å². The SMILES string of the molecule is CCI(Cl)Cl. The zero-order chi connectivity index (χ0) is 4.28. The van der Waals surface area contributed by atoms with E-state index in [0.717, 1.165) is 4.43 Å². The molecule has 0 bridgehead atoms. The molecule has 0 heterocycles. The molecule has 0 spiro atoms. The summed E-state index contributed by atoms with van der Waals surface area (Å²) in [6.45, 7) is 2.00. The summed E-state index contributed by atoms with van der Waals surface area (Å²) in [5.74, 6) is 0. The third kappa shape index (κ3) is 5.31. The monoisotopic (exact) mass is 226 g/mol. The third-order valence-electron chi connectivity index (χ3n) is 0.202. The first-order valence-electron chi connectivity index (χ1n) is 1.26. The summed E-state index contributed by atoms with van der Waals surface area (Å²) in [4.78, 5) is 0. The molecule has 0 aromatic rings. The second-order valence-corrected chi connectivity index (χ2v) is 9.12. The third-order valence-corrected chi connectivity index (χ3v) is 4.07. The molecule has 5 heavy (non-hydrogen) atoms.